The van der Waals surface area contributed by atoms with Crippen molar-refractivity contribution >= 4 is 28.1 Å². The summed E-state index contributed by atoms with van der Waals surface area (Å²) < 4.78 is 1.88. The van der Waals surface area contributed by atoms with Crippen LogP contribution in [0.4, 0.5) is 0 Å². The molecule has 0 radical (unpaired) electrons. The average Bonchev–Trinajstić information content (AvgIpc) is 2.98. The van der Waals surface area contributed by atoms with Crippen LogP contribution in [0.5, 0.6) is 0 Å². The van der Waals surface area contributed by atoms with Crippen LogP contribution in [0.3, 0.4) is 0 Å². The normalized spacial score (nSPS) is 11.2. The molecule has 0 atom stereocenters. The molecule has 2 aromatic heterocycles. The molecule has 0 bridgehead atoms. The molecule has 6 heteroatoms. The minimum absolute atomic E-state index is 0.856. The molecule has 0 aliphatic carbocycles. The van der Waals surface area contributed by atoms with Gasteiger partial charge in [-0.25, -0.2) is 0 Å². The Morgan fingerprint density at radius 2 is 2.05 bits per heavy atom. The fourth-order valence-electron chi connectivity index (χ4n) is 1.82. The monoisotopic (exact) mass is 290 g/mol. The van der Waals surface area contributed by atoms with Gasteiger partial charge in [0.15, 0.2) is 5.82 Å². The van der Waals surface area contributed by atoms with Gasteiger partial charge in [-0.1, -0.05) is 48.6 Å². The molecule has 0 spiro atoms. The smallest absolute Gasteiger partial charge is 0.186 e. The average molecular weight is 290 g/mol. The summed E-state index contributed by atoms with van der Waals surface area (Å²) in [5.74, 6) is 2.89. The molecular weight excluding hydrogens is 276 g/mol. The zero-order chi connectivity index (χ0) is 13.1. The van der Waals surface area contributed by atoms with E-state index in [1.54, 1.807) is 11.3 Å². The number of benzene rings is 1. The Bertz CT molecular complexity index is 660. The van der Waals surface area contributed by atoms with Gasteiger partial charge >= 0.3 is 0 Å². The molecule has 3 aromatic rings. The predicted molar refractivity (Wildman–Crippen MR) is 79.7 cm³/mol. The number of thioether (sulfide) groups is 1. The molecule has 0 saturated carbocycles. The van der Waals surface area contributed by atoms with Crippen molar-refractivity contribution in [3.05, 3.63) is 46.7 Å². The molecule has 0 aliphatic rings. The Hall–Kier alpha value is -1.40. The van der Waals surface area contributed by atoms with E-state index in [1.165, 1.54) is 5.56 Å². The van der Waals surface area contributed by atoms with Crippen LogP contribution in [0.25, 0.3) is 4.96 Å². The lowest BCUT2D eigenvalue weighted by Gasteiger charge is -1.96. The van der Waals surface area contributed by atoms with Gasteiger partial charge in [-0.3, -0.25) is 0 Å². The van der Waals surface area contributed by atoms with Gasteiger partial charge in [0.25, 0.3) is 0 Å². The highest BCUT2D eigenvalue weighted by Crippen LogP contribution is 2.19. The standard InChI is InChI=1S/C13H14N4S2/c1-2-18-9-11-14-15-13-17(11)16-12(19-13)8-10-6-4-3-5-7-10/h3-7H,2,8-9H2,1H3. The van der Waals surface area contributed by atoms with Gasteiger partial charge in [-0.15, -0.1) is 10.2 Å². The van der Waals surface area contributed by atoms with Gasteiger partial charge in [-0.2, -0.15) is 21.4 Å². The molecule has 0 unspecified atom stereocenters. The highest BCUT2D eigenvalue weighted by atomic mass is 32.2. The first-order chi connectivity index (χ1) is 9.36. The fraction of sp³-hybridized carbons (Fsp3) is 0.308. The van der Waals surface area contributed by atoms with Gasteiger partial charge in [0, 0.05) is 6.42 Å². The third kappa shape index (κ3) is 2.79. The lowest BCUT2D eigenvalue weighted by Crippen LogP contribution is -1.96. The van der Waals surface area contributed by atoms with Crippen LogP contribution in [-0.2, 0) is 12.2 Å². The minimum atomic E-state index is 0.856. The Labute approximate surface area is 119 Å². The third-order valence-corrected chi connectivity index (χ3v) is 4.50. The van der Waals surface area contributed by atoms with Crippen molar-refractivity contribution in [3.8, 4) is 0 Å². The molecule has 0 fully saturated rings. The molecule has 2 heterocycles. The number of aromatic nitrogens is 4. The van der Waals surface area contributed by atoms with Crippen molar-refractivity contribution < 1.29 is 0 Å². The molecule has 4 nitrogen and oxygen atoms in total. The van der Waals surface area contributed by atoms with Crippen molar-refractivity contribution in [2.75, 3.05) is 5.75 Å². The molecule has 98 valence electrons. The molecule has 19 heavy (non-hydrogen) atoms. The summed E-state index contributed by atoms with van der Waals surface area (Å²) in [5.41, 5.74) is 1.27. The quantitative estimate of drug-likeness (QED) is 0.724. The van der Waals surface area contributed by atoms with Crippen molar-refractivity contribution in [2.24, 2.45) is 0 Å². The molecule has 0 N–H and O–H groups in total. The first-order valence-electron chi connectivity index (χ1n) is 6.18. The van der Waals surface area contributed by atoms with Crippen LogP contribution < -0.4 is 0 Å². The van der Waals surface area contributed by atoms with Crippen LogP contribution >= 0.6 is 23.1 Å². The molecule has 0 aliphatic heterocycles. The maximum Gasteiger partial charge on any atom is 0.234 e. The van der Waals surface area contributed by atoms with Gasteiger partial charge in [0.05, 0.1) is 5.75 Å². The highest BCUT2D eigenvalue weighted by Gasteiger charge is 2.11. The molecule has 1 aromatic carbocycles. The van der Waals surface area contributed by atoms with E-state index in [0.29, 0.717) is 0 Å². The lowest BCUT2D eigenvalue weighted by atomic mass is 10.2. The predicted octanol–water partition coefficient (Wildman–Crippen LogP) is 3.03. The SMILES string of the molecule is CCSCc1nnc2sc(Cc3ccccc3)nn12. The first-order valence-corrected chi connectivity index (χ1v) is 8.15. The maximum atomic E-state index is 4.62. The Morgan fingerprint density at radius 3 is 2.84 bits per heavy atom. The van der Waals surface area contributed by atoms with E-state index in [0.717, 1.165) is 33.7 Å². The van der Waals surface area contributed by atoms with Gasteiger partial charge < -0.3 is 0 Å². The highest BCUT2D eigenvalue weighted by molar-refractivity contribution is 7.98. The van der Waals surface area contributed by atoms with Crippen LogP contribution in [0.1, 0.15) is 23.3 Å². The Kier molecular flexibility index (Phi) is 3.79. The topological polar surface area (TPSA) is 43.1 Å². The minimum Gasteiger partial charge on any atom is -0.186 e. The Balaban J connectivity index is 1.84. The molecule has 0 saturated heterocycles. The van der Waals surface area contributed by atoms with Crippen molar-refractivity contribution in [1.29, 1.82) is 0 Å². The summed E-state index contributed by atoms with van der Waals surface area (Å²) in [6.45, 7) is 2.14. The summed E-state index contributed by atoms with van der Waals surface area (Å²) in [6.07, 6.45) is 0.856. The van der Waals surface area contributed by atoms with Crippen molar-refractivity contribution in [2.45, 2.75) is 19.1 Å². The van der Waals surface area contributed by atoms with E-state index in [9.17, 15) is 0 Å². The fourth-order valence-corrected chi connectivity index (χ4v) is 3.28. The molecular formula is C13H14N4S2. The number of fused-ring (bicyclic) bond motifs is 1. The summed E-state index contributed by atoms with van der Waals surface area (Å²) in [6, 6.07) is 10.4. The van der Waals surface area contributed by atoms with E-state index in [-0.39, 0.29) is 0 Å². The van der Waals surface area contributed by atoms with Crippen LogP contribution in [0.2, 0.25) is 0 Å². The zero-order valence-electron chi connectivity index (χ0n) is 10.6. The third-order valence-electron chi connectivity index (χ3n) is 2.73. The summed E-state index contributed by atoms with van der Waals surface area (Å²) >= 11 is 3.45. The van der Waals surface area contributed by atoms with E-state index in [2.05, 4.69) is 46.5 Å². The second kappa shape index (κ2) is 5.71. The second-order valence-electron chi connectivity index (χ2n) is 4.11. The number of nitrogens with zero attached hydrogens (tertiary/aromatic N) is 4. The number of rotatable bonds is 5. The van der Waals surface area contributed by atoms with Crippen LogP contribution in [0.15, 0.2) is 30.3 Å². The van der Waals surface area contributed by atoms with E-state index in [4.69, 9.17) is 0 Å². The van der Waals surface area contributed by atoms with Gasteiger partial charge in [-0.05, 0) is 11.3 Å². The number of hydrogen-bond donors (Lipinski definition) is 0. The summed E-state index contributed by atoms with van der Waals surface area (Å²) in [4.78, 5) is 0.887. The van der Waals surface area contributed by atoms with Gasteiger partial charge in [0.2, 0.25) is 4.96 Å². The molecule has 3 rings (SSSR count). The maximum absolute atomic E-state index is 4.62. The van der Waals surface area contributed by atoms with E-state index in [1.807, 2.05) is 22.3 Å². The summed E-state index contributed by atoms with van der Waals surface area (Å²) in [5, 5.41) is 14.1. The van der Waals surface area contributed by atoms with E-state index >= 15 is 0 Å². The van der Waals surface area contributed by atoms with Crippen LogP contribution in [0, 0.1) is 0 Å². The molecule has 0 amide bonds. The largest absolute Gasteiger partial charge is 0.234 e. The Morgan fingerprint density at radius 1 is 1.21 bits per heavy atom. The second-order valence-corrected chi connectivity index (χ2v) is 6.42. The van der Waals surface area contributed by atoms with Crippen molar-refractivity contribution in [3.63, 3.8) is 0 Å². The van der Waals surface area contributed by atoms with Crippen LogP contribution in [-0.4, -0.2) is 25.6 Å². The van der Waals surface area contributed by atoms with E-state index < -0.39 is 0 Å². The number of hydrogen-bond acceptors (Lipinski definition) is 5. The first kappa shape index (κ1) is 12.6. The summed E-state index contributed by atoms with van der Waals surface area (Å²) in [7, 11) is 0. The lowest BCUT2D eigenvalue weighted by molar-refractivity contribution is 0.856. The van der Waals surface area contributed by atoms with Gasteiger partial charge in [0.1, 0.15) is 5.01 Å². The van der Waals surface area contributed by atoms with Crippen molar-refractivity contribution in [1.82, 2.24) is 19.8 Å². The zero-order valence-corrected chi connectivity index (χ0v) is 12.2.